The zero-order valence-electron chi connectivity index (χ0n) is 12.8. The van der Waals surface area contributed by atoms with E-state index in [4.69, 9.17) is 0 Å². The number of nitrogens with zero attached hydrogens (tertiary/aromatic N) is 3. The molecule has 0 radical (unpaired) electrons. The molecule has 3 rings (SSSR count). The highest BCUT2D eigenvalue weighted by Crippen LogP contribution is 2.21. The van der Waals surface area contributed by atoms with E-state index in [9.17, 15) is 9.18 Å². The van der Waals surface area contributed by atoms with Gasteiger partial charge in [0.2, 0.25) is 0 Å². The van der Waals surface area contributed by atoms with Gasteiger partial charge in [0.05, 0.1) is 5.69 Å². The number of hydrogen-bond donors (Lipinski definition) is 1. The Morgan fingerprint density at radius 3 is 2.82 bits per heavy atom. The fourth-order valence-electron chi connectivity index (χ4n) is 2.53. The molecule has 1 aromatic carbocycles. The summed E-state index contributed by atoms with van der Waals surface area (Å²) in [6.07, 6.45) is 1.66. The first kappa shape index (κ1) is 14.4. The summed E-state index contributed by atoms with van der Waals surface area (Å²) < 4.78 is 15.3. The summed E-state index contributed by atoms with van der Waals surface area (Å²) in [5.74, 6) is 0.0435. The minimum absolute atomic E-state index is 0.265. The van der Waals surface area contributed by atoms with Crippen LogP contribution in [-0.2, 0) is 13.5 Å². The summed E-state index contributed by atoms with van der Waals surface area (Å²) in [5, 5.41) is 4.37. The van der Waals surface area contributed by atoms with Crippen LogP contribution in [0.15, 0.2) is 23.0 Å². The summed E-state index contributed by atoms with van der Waals surface area (Å²) >= 11 is 0. The molecule has 0 amide bonds. The first-order valence-electron chi connectivity index (χ1n) is 7.23. The van der Waals surface area contributed by atoms with E-state index in [0.29, 0.717) is 28.0 Å². The van der Waals surface area contributed by atoms with Gasteiger partial charge in [-0.3, -0.25) is 9.48 Å². The van der Waals surface area contributed by atoms with E-state index >= 15 is 0 Å². The number of benzene rings is 1. The molecule has 0 unspecified atom stereocenters. The van der Waals surface area contributed by atoms with E-state index in [1.807, 2.05) is 6.92 Å². The van der Waals surface area contributed by atoms with Gasteiger partial charge in [-0.25, -0.2) is 9.37 Å². The lowest BCUT2D eigenvalue weighted by atomic mass is 10.1. The maximum absolute atomic E-state index is 13.7. The first-order valence-corrected chi connectivity index (χ1v) is 7.23. The minimum atomic E-state index is -0.319. The largest absolute Gasteiger partial charge is 0.305 e. The molecule has 3 aromatic rings. The van der Waals surface area contributed by atoms with E-state index in [0.717, 1.165) is 18.5 Å². The van der Waals surface area contributed by atoms with Crippen molar-refractivity contribution in [3.63, 3.8) is 0 Å². The number of nitrogens with one attached hydrogen (secondary N) is 1. The first-order chi connectivity index (χ1) is 10.5. The molecule has 22 heavy (non-hydrogen) atoms. The highest BCUT2D eigenvalue weighted by molar-refractivity contribution is 5.78. The molecule has 5 nitrogen and oxygen atoms in total. The number of fused-ring (bicyclic) bond motifs is 1. The van der Waals surface area contributed by atoms with Gasteiger partial charge in [-0.15, -0.1) is 0 Å². The maximum atomic E-state index is 13.7. The van der Waals surface area contributed by atoms with E-state index in [1.165, 1.54) is 6.07 Å². The van der Waals surface area contributed by atoms with Crippen LogP contribution in [0.3, 0.4) is 0 Å². The van der Waals surface area contributed by atoms with Crippen LogP contribution in [0.25, 0.3) is 22.4 Å². The Morgan fingerprint density at radius 2 is 2.14 bits per heavy atom. The van der Waals surface area contributed by atoms with Crippen molar-refractivity contribution in [1.82, 2.24) is 19.7 Å². The lowest BCUT2D eigenvalue weighted by Gasteiger charge is -2.04. The number of hydrogen-bond acceptors (Lipinski definition) is 3. The van der Waals surface area contributed by atoms with E-state index < -0.39 is 0 Å². The van der Waals surface area contributed by atoms with Gasteiger partial charge in [-0.1, -0.05) is 25.5 Å². The van der Waals surface area contributed by atoms with Crippen molar-refractivity contribution >= 4 is 11.0 Å². The van der Waals surface area contributed by atoms with Crippen molar-refractivity contribution in [3.8, 4) is 11.4 Å². The molecule has 114 valence electrons. The van der Waals surface area contributed by atoms with Gasteiger partial charge in [0.15, 0.2) is 5.52 Å². The number of aromatic amines is 1. The topological polar surface area (TPSA) is 63.6 Å². The zero-order valence-corrected chi connectivity index (χ0v) is 12.8. The molecule has 0 aliphatic heterocycles. The summed E-state index contributed by atoms with van der Waals surface area (Å²) in [4.78, 5) is 19.5. The van der Waals surface area contributed by atoms with Gasteiger partial charge in [0.1, 0.15) is 17.2 Å². The second kappa shape index (κ2) is 5.36. The molecule has 0 bridgehead atoms. The van der Waals surface area contributed by atoms with Crippen LogP contribution >= 0.6 is 0 Å². The molecule has 0 atom stereocenters. The quantitative estimate of drug-likeness (QED) is 0.809. The number of aromatic nitrogens is 4. The Balaban J connectivity index is 2.25. The second-order valence-electron chi connectivity index (χ2n) is 5.40. The molecule has 0 saturated heterocycles. The van der Waals surface area contributed by atoms with Crippen LogP contribution in [0.2, 0.25) is 0 Å². The smallest absolute Gasteiger partial charge is 0.277 e. The van der Waals surface area contributed by atoms with E-state index in [1.54, 1.807) is 30.8 Å². The molecular weight excluding hydrogens is 283 g/mol. The lowest BCUT2D eigenvalue weighted by molar-refractivity contribution is 0.619. The number of halogens is 1. The molecule has 2 heterocycles. The molecular formula is C16H17FN4O. The molecule has 1 N–H and O–H groups in total. The van der Waals surface area contributed by atoms with Gasteiger partial charge in [-0.05, 0) is 25.0 Å². The van der Waals surface area contributed by atoms with Gasteiger partial charge >= 0.3 is 0 Å². The van der Waals surface area contributed by atoms with Crippen LogP contribution in [0.4, 0.5) is 4.39 Å². The maximum Gasteiger partial charge on any atom is 0.277 e. The Labute approximate surface area is 126 Å². The number of H-pyrrole nitrogens is 1. The van der Waals surface area contributed by atoms with Gasteiger partial charge < -0.3 is 4.98 Å². The Hall–Kier alpha value is -2.50. The van der Waals surface area contributed by atoms with Gasteiger partial charge in [0, 0.05) is 12.6 Å². The Bertz CT molecular complexity index is 910. The van der Waals surface area contributed by atoms with Crippen molar-refractivity contribution < 1.29 is 4.39 Å². The van der Waals surface area contributed by atoms with Crippen LogP contribution < -0.4 is 5.56 Å². The predicted octanol–water partition coefficient (Wildman–Crippen LogP) is 2.72. The number of rotatable bonds is 3. The number of aryl methyl sites for hydroxylation is 3. The van der Waals surface area contributed by atoms with Gasteiger partial charge in [0.25, 0.3) is 5.56 Å². The van der Waals surface area contributed by atoms with Crippen LogP contribution in [0.5, 0.6) is 0 Å². The van der Waals surface area contributed by atoms with E-state index in [-0.39, 0.29) is 11.4 Å². The fourth-order valence-corrected chi connectivity index (χ4v) is 2.53. The highest BCUT2D eigenvalue weighted by atomic mass is 19.1. The lowest BCUT2D eigenvalue weighted by Crippen LogP contribution is -2.12. The van der Waals surface area contributed by atoms with Crippen molar-refractivity contribution in [2.24, 2.45) is 7.05 Å². The molecule has 2 aromatic heterocycles. The standard InChI is InChI=1S/C16H17FN4O/c1-4-5-12-13-14(21(3)20-12)16(22)19-15(18-13)10-7-6-9(2)11(17)8-10/h6-8H,4-5H2,1-3H3,(H,18,19,22). The van der Waals surface area contributed by atoms with E-state index in [2.05, 4.69) is 15.1 Å². The third kappa shape index (κ3) is 2.30. The molecule has 0 fully saturated rings. The van der Waals surface area contributed by atoms with Crippen molar-refractivity contribution in [3.05, 3.63) is 45.6 Å². The summed E-state index contributed by atoms with van der Waals surface area (Å²) in [7, 11) is 1.73. The Morgan fingerprint density at radius 1 is 1.36 bits per heavy atom. The summed E-state index contributed by atoms with van der Waals surface area (Å²) in [6, 6.07) is 4.80. The minimum Gasteiger partial charge on any atom is -0.305 e. The third-order valence-corrected chi connectivity index (χ3v) is 3.69. The zero-order chi connectivity index (χ0) is 15.9. The van der Waals surface area contributed by atoms with Crippen molar-refractivity contribution in [1.29, 1.82) is 0 Å². The predicted molar refractivity (Wildman–Crippen MR) is 83.3 cm³/mol. The molecule has 0 aliphatic rings. The summed E-state index contributed by atoms with van der Waals surface area (Å²) in [5.41, 5.74) is 2.66. The van der Waals surface area contributed by atoms with Gasteiger partial charge in [-0.2, -0.15) is 5.10 Å². The average Bonchev–Trinajstić information content (AvgIpc) is 2.79. The third-order valence-electron chi connectivity index (χ3n) is 3.69. The second-order valence-corrected chi connectivity index (χ2v) is 5.40. The molecule has 0 aliphatic carbocycles. The molecule has 0 saturated carbocycles. The molecule has 6 heteroatoms. The molecule has 0 spiro atoms. The van der Waals surface area contributed by atoms with Crippen molar-refractivity contribution in [2.45, 2.75) is 26.7 Å². The van der Waals surface area contributed by atoms with Crippen LogP contribution in [0, 0.1) is 12.7 Å². The monoisotopic (exact) mass is 300 g/mol. The van der Waals surface area contributed by atoms with Crippen molar-refractivity contribution in [2.75, 3.05) is 0 Å². The summed E-state index contributed by atoms with van der Waals surface area (Å²) in [6.45, 7) is 3.74. The van der Waals surface area contributed by atoms with Crippen LogP contribution in [0.1, 0.15) is 24.6 Å². The van der Waals surface area contributed by atoms with Crippen LogP contribution in [-0.4, -0.2) is 19.7 Å². The SMILES string of the molecule is CCCc1nn(C)c2c(=O)[nH]c(-c3ccc(C)c(F)c3)nc12. The highest BCUT2D eigenvalue weighted by Gasteiger charge is 2.15. The fraction of sp³-hybridized carbons (Fsp3) is 0.312. The Kier molecular flexibility index (Phi) is 3.52. The normalized spacial score (nSPS) is 11.3. The average molecular weight is 300 g/mol.